The van der Waals surface area contributed by atoms with Gasteiger partial charge in [0.05, 0.1) is 4.34 Å². The number of carbonyl (C=O) groups is 1. The molecule has 0 saturated carbocycles. The van der Waals surface area contributed by atoms with Gasteiger partial charge in [0.1, 0.15) is 4.21 Å². The summed E-state index contributed by atoms with van der Waals surface area (Å²) in [7, 11) is -3.75. The number of halogens is 1. The predicted molar refractivity (Wildman–Crippen MR) is 98.8 cm³/mol. The smallest absolute Gasteiger partial charge is 0.271 e. The Morgan fingerprint density at radius 2 is 1.80 bits per heavy atom. The SMILES string of the molecule is O=C(Nc1ccncc1)c1cccc(NS(=O)(=O)c2ccc(Cl)s2)c1. The van der Waals surface area contributed by atoms with Crippen LogP contribution in [0.4, 0.5) is 11.4 Å². The van der Waals surface area contributed by atoms with Crippen LogP contribution in [0.25, 0.3) is 0 Å². The van der Waals surface area contributed by atoms with Gasteiger partial charge in [0.25, 0.3) is 15.9 Å². The third-order valence-electron chi connectivity index (χ3n) is 3.13. The Hall–Kier alpha value is -2.42. The van der Waals surface area contributed by atoms with Crippen LogP contribution in [0, 0.1) is 0 Å². The first kappa shape index (κ1) is 17.4. The molecule has 1 aromatic carbocycles. The first-order valence-corrected chi connectivity index (χ1v) is 9.71. The van der Waals surface area contributed by atoms with Crippen LogP contribution >= 0.6 is 22.9 Å². The molecule has 0 bridgehead atoms. The van der Waals surface area contributed by atoms with E-state index in [-0.39, 0.29) is 15.8 Å². The molecule has 128 valence electrons. The number of rotatable bonds is 5. The molecule has 0 aliphatic heterocycles. The minimum absolute atomic E-state index is 0.101. The maximum absolute atomic E-state index is 12.3. The number of pyridine rings is 1. The highest BCUT2D eigenvalue weighted by atomic mass is 35.5. The summed E-state index contributed by atoms with van der Waals surface area (Å²) >= 11 is 6.74. The molecule has 1 amide bonds. The highest BCUT2D eigenvalue weighted by molar-refractivity contribution is 7.94. The van der Waals surface area contributed by atoms with Crippen molar-refractivity contribution >= 4 is 50.2 Å². The van der Waals surface area contributed by atoms with E-state index in [0.29, 0.717) is 15.6 Å². The zero-order valence-corrected chi connectivity index (χ0v) is 15.0. The number of nitrogens with one attached hydrogen (secondary N) is 2. The molecule has 2 N–H and O–H groups in total. The number of benzene rings is 1. The van der Waals surface area contributed by atoms with Crippen LogP contribution in [0.1, 0.15) is 10.4 Å². The van der Waals surface area contributed by atoms with E-state index in [1.807, 2.05) is 0 Å². The Morgan fingerprint density at radius 1 is 1.04 bits per heavy atom. The standard InChI is InChI=1S/C16H12ClN3O3S2/c17-14-4-5-15(24-14)25(22,23)20-13-3-1-2-11(10-13)16(21)19-12-6-8-18-9-7-12/h1-10,20H,(H,18,19,21). The fourth-order valence-electron chi connectivity index (χ4n) is 2.01. The van der Waals surface area contributed by atoms with Crippen LogP contribution < -0.4 is 10.0 Å². The van der Waals surface area contributed by atoms with Crippen molar-refractivity contribution in [1.29, 1.82) is 0 Å². The van der Waals surface area contributed by atoms with E-state index >= 15 is 0 Å². The first-order valence-electron chi connectivity index (χ1n) is 7.04. The average Bonchev–Trinajstić information content (AvgIpc) is 3.03. The van der Waals surface area contributed by atoms with Gasteiger partial charge in [0.15, 0.2) is 0 Å². The van der Waals surface area contributed by atoms with Gasteiger partial charge >= 0.3 is 0 Å². The van der Waals surface area contributed by atoms with Crippen molar-refractivity contribution in [2.45, 2.75) is 4.21 Å². The van der Waals surface area contributed by atoms with Crippen LogP contribution in [-0.2, 0) is 10.0 Å². The van der Waals surface area contributed by atoms with Crippen LogP contribution in [-0.4, -0.2) is 19.3 Å². The molecule has 3 rings (SSSR count). The number of hydrogen-bond acceptors (Lipinski definition) is 5. The Kier molecular flexibility index (Phi) is 5.03. The number of hydrogen-bond donors (Lipinski definition) is 2. The van der Waals surface area contributed by atoms with Gasteiger partial charge in [-0.3, -0.25) is 14.5 Å². The lowest BCUT2D eigenvalue weighted by atomic mass is 10.2. The second kappa shape index (κ2) is 7.22. The van der Waals surface area contributed by atoms with Crippen LogP contribution in [0.2, 0.25) is 4.34 Å². The third kappa shape index (κ3) is 4.36. The number of aromatic nitrogens is 1. The lowest BCUT2D eigenvalue weighted by molar-refractivity contribution is 0.102. The van der Waals surface area contributed by atoms with E-state index in [2.05, 4.69) is 15.0 Å². The summed E-state index contributed by atoms with van der Waals surface area (Å²) < 4.78 is 27.6. The Balaban J connectivity index is 1.78. The van der Waals surface area contributed by atoms with Gasteiger partial charge in [-0.2, -0.15) is 0 Å². The van der Waals surface area contributed by atoms with Crippen molar-refractivity contribution in [1.82, 2.24) is 4.98 Å². The van der Waals surface area contributed by atoms with Crippen molar-refractivity contribution in [3.05, 3.63) is 70.8 Å². The number of anilines is 2. The maximum atomic E-state index is 12.3. The van der Waals surface area contributed by atoms with E-state index in [9.17, 15) is 13.2 Å². The van der Waals surface area contributed by atoms with E-state index < -0.39 is 10.0 Å². The van der Waals surface area contributed by atoms with E-state index in [1.54, 1.807) is 42.7 Å². The second-order valence-electron chi connectivity index (χ2n) is 4.93. The van der Waals surface area contributed by atoms with Crippen molar-refractivity contribution in [2.75, 3.05) is 10.0 Å². The van der Waals surface area contributed by atoms with Gasteiger partial charge < -0.3 is 5.32 Å². The Labute approximate surface area is 153 Å². The van der Waals surface area contributed by atoms with Gasteiger partial charge in [0.2, 0.25) is 0 Å². The van der Waals surface area contributed by atoms with Crippen molar-refractivity contribution in [3.8, 4) is 0 Å². The summed E-state index contributed by atoms with van der Waals surface area (Å²) in [5, 5.41) is 2.71. The molecule has 2 aromatic heterocycles. The first-order chi connectivity index (χ1) is 11.9. The zero-order chi connectivity index (χ0) is 17.9. The van der Waals surface area contributed by atoms with Gasteiger partial charge in [-0.25, -0.2) is 8.42 Å². The molecule has 0 atom stereocenters. The maximum Gasteiger partial charge on any atom is 0.271 e. The molecular weight excluding hydrogens is 382 g/mol. The topological polar surface area (TPSA) is 88.2 Å². The monoisotopic (exact) mass is 393 g/mol. The summed E-state index contributed by atoms with van der Waals surface area (Å²) in [5.41, 5.74) is 1.20. The molecule has 0 saturated heterocycles. The molecule has 25 heavy (non-hydrogen) atoms. The lowest BCUT2D eigenvalue weighted by Crippen LogP contribution is -2.14. The number of amides is 1. The summed E-state index contributed by atoms with van der Waals surface area (Å²) in [6.45, 7) is 0. The quantitative estimate of drug-likeness (QED) is 0.689. The second-order valence-corrected chi connectivity index (χ2v) is 8.56. The molecule has 0 radical (unpaired) electrons. The van der Waals surface area contributed by atoms with Gasteiger partial charge in [-0.15, -0.1) is 11.3 Å². The highest BCUT2D eigenvalue weighted by Crippen LogP contribution is 2.27. The molecule has 0 unspecified atom stereocenters. The lowest BCUT2D eigenvalue weighted by Gasteiger charge is -2.09. The number of carbonyl (C=O) groups excluding carboxylic acids is 1. The minimum atomic E-state index is -3.75. The fraction of sp³-hybridized carbons (Fsp3) is 0. The van der Waals surface area contributed by atoms with Gasteiger partial charge in [-0.05, 0) is 42.5 Å². The summed E-state index contributed by atoms with van der Waals surface area (Å²) in [6, 6.07) is 12.5. The van der Waals surface area contributed by atoms with E-state index in [4.69, 9.17) is 11.6 Å². The van der Waals surface area contributed by atoms with Crippen LogP contribution in [0.15, 0.2) is 65.1 Å². The number of sulfonamides is 1. The van der Waals surface area contributed by atoms with E-state index in [0.717, 1.165) is 11.3 Å². The average molecular weight is 394 g/mol. The largest absolute Gasteiger partial charge is 0.322 e. The fourth-order valence-corrected chi connectivity index (χ4v) is 4.54. The predicted octanol–water partition coefficient (Wildman–Crippen LogP) is 3.85. The van der Waals surface area contributed by atoms with E-state index in [1.165, 1.54) is 18.2 Å². The number of nitrogens with zero attached hydrogens (tertiary/aromatic N) is 1. The van der Waals surface area contributed by atoms with Crippen molar-refractivity contribution in [2.24, 2.45) is 0 Å². The molecule has 0 aliphatic carbocycles. The van der Waals surface area contributed by atoms with Gasteiger partial charge in [-0.1, -0.05) is 17.7 Å². The molecule has 2 heterocycles. The third-order valence-corrected chi connectivity index (χ3v) is 6.23. The van der Waals surface area contributed by atoms with Crippen LogP contribution in [0.5, 0.6) is 0 Å². The van der Waals surface area contributed by atoms with Crippen LogP contribution in [0.3, 0.4) is 0 Å². The molecular formula is C16H12ClN3O3S2. The number of thiophene rings is 1. The summed E-state index contributed by atoms with van der Waals surface area (Å²) in [6.07, 6.45) is 3.12. The molecule has 6 nitrogen and oxygen atoms in total. The molecule has 0 aliphatic rings. The molecule has 0 fully saturated rings. The minimum Gasteiger partial charge on any atom is -0.322 e. The van der Waals surface area contributed by atoms with Crippen molar-refractivity contribution < 1.29 is 13.2 Å². The summed E-state index contributed by atoms with van der Waals surface area (Å²) in [4.78, 5) is 16.2. The van der Waals surface area contributed by atoms with Gasteiger partial charge in [0, 0.05) is 29.3 Å². The highest BCUT2D eigenvalue weighted by Gasteiger charge is 2.17. The molecule has 0 spiro atoms. The zero-order valence-electron chi connectivity index (χ0n) is 12.6. The van der Waals surface area contributed by atoms with Crippen molar-refractivity contribution in [3.63, 3.8) is 0 Å². The normalized spacial score (nSPS) is 11.1. The molecule has 9 heteroatoms. The Morgan fingerprint density at radius 3 is 2.48 bits per heavy atom. The Bertz CT molecular complexity index is 1000. The molecule has 3 aromatic rings. The summed E-state index contributed by atoms with van der Waals surface area (Å²) in [5.74, 6) is -0.355.